The molecule has 4 heteroatoms. The van der Waals surface area contributed by atoms with Gasteiger partial charge >= 0.3 is 0 Å². The van der Waals surface area contributed by atoms with Crippen LogP contribution in [0.25, 0.3) is 0 Å². The van der Waals surface area contributed by atoms with Crippen LogP contribution < -0.4 is 11.1 Å². The maximum Gasteiger partial charge on any atom is 0.249 e. The molecule has 110 valence electrons. The Bertz CT molecular complexity index is 453. The van der Waals surface area contributed by atoms with Crippen molar-refractivity contribution in [1.29, 1.82) is 0 Å². The van der Waals surface area contributed by atoms with Gasteiger partial charge in [-0.15, -0.1) is 0 Å². The zero-order chi connectivity index (χ0) is 14.5. The summed E-state index contributed by atoms with van der Waals surface area (Å²) in [6.07, 6.45) is 4.87. The second-order valence-corrected chi connectivity index (χ2v) is 5.73. The van der Waals surface area contributed by atoms with E-state index < -0.39 is 0 Å². The van der Waals surface area contributed by atoms with Crippen molar-refractivity contribution in [3.63, 3.8) is 0 Å². The average molecular weight is 275 g/mol. The molecule has 0 heterocycles. The Morgan fingerprint density at radius 2 is 1.95 bits per heavy atom. The predicted molar refractivity (Wildman–Crippen MR) is 81.5 cm³/mol. The highest BCUT2D eigenvalue weighted by atomic mass is 16.1. The molecule has 0 radical (unpaired) electrons. The number of primary amides is 1. The van der Waals surface area contributed by atoms with Gasteiger partial charge in [0.15, 0.2) is 0 Å². The van der Waals surface area contributed by atoms with Gasteiger partial charge in [-0.2, -0.15) is 0 Å². The van der Waals surface area contributed by atoms with Gasteiger partial charge in [-0.3, -0.25) is 9.69 Å². The molecule has 20 heavy (non-hydrogen) atoms. The average Bonchev–Trinajstić information content (AvgIpc) is 2.47. The van der Waals surface area contributed by atoms with Gasteiger partial charge in [0.25, 0.3) is 0 Å². The lowest BCUT2D eigenvalue weighted by molar-refractivity contribution is 0.0997. The molecule has 1 aliphatic carbocycles. The SMILES string of the molecule is CNC1CCC(N(C)Cc2ccccc2C(N)=O)CC1. The fraction of sp³-hybridized carbons (Fsp3) is 0.562. The molecule has 3 N–H and O–H groups in total. The van der Waals surface area contributed by atoms with Gasteiger partial charge < -0.3 is 11.1 Å². The number of nitrogens with zero attached hydrogens (tertiary/aromatic N) is 1. The van der Waals surface area contributed by atoms with Crippen molar-refractivity contribution in [1.82, 2.24) is 10.2 Å². The Morgan fingerprint density at radius 3 is 2.55 bits per heavy atom. The summed E-state index contributed by atoms with van der Waals surface area (Å²) in [5.41, 5.74) is 7.11. The van der Waals surface area contributed by atoms with E-state index in [-0.39, 0.29) is 5.91 Å². The van der Waals surface area contributed by atoms with Gasteiger partial charge in [0, 0.05) is 24.2 Å². The molecular formula is C16H25N3O. The van der Waals surface area contributed by atoms with E-state index in [1.807, 2.05) is 31.3 Å². The minimum atomic E-state index is -0.340. The number of hydrogen-bond donors (Lipinski definition) is 2. The van der Waals surface area contributed by atoms with Crippen LogP contribution in [0.5, 0.6) is 0 Å². The number of carbonyl (C=O) groups is 1. The van der Waals surface area contributed by atoms with Gasteiger partial charge in [0.2, 0.25) is 5.91 Å². The fourth-order valence-corrected chi connectivity index (χ4v) is 3.10. The molecule has 4 nitrogen and oxygen atoms in total. The second-order valence-electron chi connectivity index (χ2n) is 5.73. The molecule has 2 rings (SSSR count). The summed E-state index contributed by atoms with van der Waals surface area (Å²) >= 11 is 0. The number of benzene rings is 1. The maximum atomic E-state index is 11.5. The van der Waals surface area contributed by atoms with Gasteiger partial charge in [0.1, 0.15) is 0 Å². The third kappa shape index (κ3) is 3.58. The Kier molecular flexibility index (Phi) is 5.15. The number of nitrogens with one attached hydrogen (secondary N) is 1. The topological polar surface area (TPSA) is 58.4 Å². The molecule has 1 saturated carbocycles. The van der Waals surface area contributed by atoms with Crippen LogP contribution >= 0.6 is 0 Å². The Labute approximate surface area is 121 Å². The molecule has 0 aromatic heterocycles. The van der Waals surface area contributed by atoms with E-state index in [1.165, 1.54) is 25.7 Å². The van der Waals surface area contributed by atoms with E-state index in [4.69, 9.17) is 5.73 Å². The molecule has 0 saturated heterocycles. The zero-order valence-electron chi connectivity index (χ0n) is 12.4. The van der Waals surface area contributed by atoms with Gasteiger partial charge in [-0.05, 0) is 51.4 Å². The standard InChI is InChI=1S/C16H25N3O/c1-18-13-7-9-14(10-8-13)19(2)11-12-5-3-4-6-15(12)16(17)20/h3-6,13-14,18H,7-11H2,1-2H3,(H2,17,20). The van der Waals surface area contributed by atoms with E-state index in [2.05, 4.69) is 17.3 Å². The summed E-state index contributed by atoms with van der Waals surface area (Å²) in [4.78, 5) is 13.8. The largest absolute Gasteiger partial charge is 0.366 e. The highest BCUT2D eigenvalue weighted by Gasteiger charge is 2.23. The first-order valence-corrected chi connectivity index (χ1v) is 7.37. The van der Waals surface area contributed by atoms with Crippen molar-refractivity contribution in [2.45, 2.75) is 44.3 Å². The Hall–Kier alpha value is -1.39. The zero-order valence-corrected chi connectivity index (χ0v) is 12.4. The van der Waals surface area contributed by atoms with Crippen LogP contribution in [-0.4, -0.2) is 37.0 Å². The summed E-state index contributed by atoms with van der Waals surface area (Å²) in [7, 11) is 4.18. The highest BCUT2D eigenvalue weighted by Crippen LogP contribution is 2.24. The molecule has 0 aliphatic heterocycles. The first-order valence-electron chi connectivity index (χ1n) is 7.37. The van der Waals surface area contributed by atoms with Crippen LogP contribution in [-0.2, 0) is 6.54 Å². The quantitative estimate of drug-likeness (QED) is 0.860. The second kappa shape index (κ2) is 6.86. The minimum absolute atomic E-state index is 0.340. The van der Waals surface area contributed by atoms with Crippen molar-refractivity contribution in [3.05, 3.63) is 35.4 Å². The molecule has 1 aromatic carbocycles. The number of nitrogens with two attached hydrogens (primary N) is 1. The van der Waals surface area contributed by atoms with Crippen LogP contribution in [0.15, 0.2) is 24.3 Å². The smallest absolute Gasteiger partial charge is 0.249 e. The van der Waals surface area contributed by atoms with E-state index in [0.29, 0.717) is 17.6 Å². The summed E-state index contributed by atoms with van der Waals surface area (Å²) < 4.78 is 0. The van der Waals surface area contributed by atoms with Crippen molar-refractivity contribution in [2.75, 3.05) is 14.1 Å². The molecule has 1 amide bonds. The normalized spacial score (nSPS) is 22.9. The lowest BCUT2D eigenvalue weighted by Gasteiger charge is -2.34. The summed E-state index contributed by atoms with van der Waals surface area (Å²) in [6.45, 7) is 0.786. The lowest BCUT2D eigenvalue weighted by atomic mass is 9.90. The van der Waals surface area contributed by atoms with Gasteiger partial charge in [-0.25, -0.2) is 0 Å². The third-order valence-electron chi connectivity index (χ3n) is 4.43. The molecule has 0 unspecified atom stereocenters. The number of rotatable bonds is 5. The minimum Gasteiger partial charge on any atom is -0.366 e. The lowest BCUT2D eigenvalue weighted by Crippen LogP contribution is -2.39. The van der Waals surface area contributed by atoms with Crippen LogP contribution in [0.3, 0.4) is 0 Å². The highest BCUT2D eigenvalue weighted by molar-refractivity contribution is 5.94. The van der Waals surface area contributed by atoms with E-state index in [1.54, 1.807) is 0 Å². The number of amides is 1. The monoisotopic (exact) mass is 275 g/mol. The van der Waals surface area contributed by atoms with Crippen LogP contribution in [0.2, 0.25) is 0 Å². The van der Waals surface area contributed by atoms with E-state index in [9.17, 15) is 4.79 Å². The van der Waals surface area contributed by atoms with Crippen molar-refractivity contribution in [3.8, 4) is 0 Å². The molecule has 0 bridgehead atoms. The third-order valence-corrected chi connectivity index (χ3v) is 4.43. The van der Waals surface area contributed by atoms with Crippen molar-refractivity contribution < 1.29 is 4.79 Å². The Morgan fingerprint density at radius 1 is 1.30 bits per heavy atom. The summed E-state index contributed by atoms with van der Waals surface area (Å²) in [5.74, 6) is -0.340. The fourth-order valence-electron chi connectivity index (χ4n) is 3.10. The Balaban J connectivity index is 1.98. The number of carbonyl (C=O) groups excluding carboxylic acids is 1. The molecule has 1 fully saturated rings. The molecule has 0 atom stereocenters. The van der Waals surface area contributed by atoms with Crippen molar-refractivity contribution in [2.24, 2.45) is 5.73 Å². The summed E-state index contributed by atoms with van der Waals surface area (Å²) in [6, 6.07) is 8.90. The molecular weight excluding hydrogens is 250 g/mol. The first kappa shape index (κ1) is 15.0. The van der Waals surface area contributed by atoms with Crippen LogP contribution in [0.1, 0.15) is 41.6 Å². The molecule has 1 aromatic rings. The maximum absolute atomic E-state index is 11.5. The van der Waals surface area contributed by atoms with Crippen LogP contribution in [0.4, 0.5) is 0 Å². The van der Waals surface area contributed by atoms with Gasteiger partial charge in [-0.1, -0.05) is 18.2 Å². The molecule has 1 aliphatic rings. The van der Waals surface area contributed by atoms with E-state index in [0.717, 1.165) is 12.1 Å². The predicted octanol–water partition coefficient (Wildman–Crippen LogP) is 1.75. The van der Waals surface area contributed by atoms with E-state index >= 15 is 0 Å². The summed E-state index contributed by atoms with van der Waals surface area (Å²) in [5, 5.41) is 3.36. The number of hydrogen-bond acceptors (Lipinski definition) is 3. The van der Waals surface area contributed by atoms with Gasteiger partial charge in [0.05, 0.1) is 0 Å². The van der Waals surface area contributed by atoms with Crippen molar-refractivity contribution >= 4 is 5.91 Å². The molecule has 0 spiro atoms. The van der Waals surface area contributed by atoms with Crippen LogP contribution in [0, 0.1) is 0 Å². The first-order chi connectivity index (χ1) is 9.61.